The predicted molar refractivity (Wildman–Crippen MR) is 66.5 cm³/mol. The normalized spacial score (nSPS) is 10.2. The maximum Gasteiger partial charge on any atom is 0.287 e. The van der Waals surface area contributed by atoms with Gasteiger partial charge in [-0.05, 0) is 16.3 Å². The molecule has 3 heteroatoms. The molecule has 0 unspecified atom stereocenters. The van der Waals surface area contributed by atoms with Gasteiger partial charge in [0.05, 0.1) is 0 Å². The van der Waals surface area contributed by atoms with Gasteiger partial charge in [0.25, 0.3) is 5.91 Å². The van der Waals surface area contributed by atoms with E-state index in [1.54, 1.807) is 0 Å². The molecule has 0 radical (unpaired) electrons. The van der Waals surface area contributed by atoms with Crippen molar-refractivity contribution in [2.45, 2.75) is 13.5 Å². The second-order valence-corrected chi connectivity index (χ2v) is 3.88. The number of amides is 1. The van der Waals surface area contributed by atoms with Crippen LogP contribution in [-0.4, -0.2) is 11.7 Å². The van der Waals surface area contributed by atoms with E-state index in [1.165, 1.54) is 6.92 Å². The van der Waals surface area contributed by atoms with Crippen molar-refractivity contribution in [1.29, 1.82) is 0 Å². The van der Waals surface area contributed by atoms with Crippen LogP contribution in [0.1, 0.15) is 12.5 Å². The minimum absolute atomic E-state index is 0.375. The minimum atomic E-state index is -0.544. The first-order valence-corrected chi connectivity index (χ1v) is 5.44. The highest BCUT2D eigenvalue weighted by atomic mass is 16.2. The van der Waals surface area contributed by atoms with E-state index >= 15 is 0 Å². The molecule has 0 heterocycles. The van der Waals surface area contributed by atoms with Gasteiger partial charge >= 0.3 is 0 Å². The Morgan fingerprint density at radius 2 is 1.76 bits per heavy atom. The summed E-state index contributed by atoms with van der Waals surface area (Å²) in [5.41, 5.74) is 1.01. The minimum Gasteiger partial charge on any atom is -0.345 e. The lowest BCUT2D eigenvalue weighted by Gasteiger charge is -2.07. The van der Waals surface area contributed by atoms with Crippen molar-refractivity contribution >= 4 is 22.5 Å². The molecule has 2 aromatic rings. The molecule has 0 spiro atoms. The van der Waals surface area contributed by atoms with Crippen molar-refractivity contribution in [1.82, 2.24) is 5.32 Å². The van der Waals surface area contributed by atoms with Crippen molar-refractivity contribution < 1.29 is 9.59 Å². The summed E-state index contributed by atoms with van der Waals surface area (Å²) < 4.78 is 0. The van der Waals surface area contributed by atoms with E-state index in [-0.39, 0.29) is 0 Å². The van der Waals surface area contributed by atoms with E-state index in [4.69, 9.17) is 0 Å². The Kier molecular flexibility index (Phi) is 3.19. The van der Waals surface area contributed by atoms with Gasteiger partial charge in [-0.3, -0.25) is 9.59 Å². The second kappa shape index (κ2) is 4.78. The van der Waals surface area contributed by atoms with E-state index in [0.29, 0.717) is 6.54 Å². The van der Waals surface area contributed by atoms with Crippen molar-refractivity contribution in [2.75, 3.05) is 0 Å². The summed E-state index contributed by atoms with van der Waals surface area (Å²) in [5, 5.41) is 4.83. The van der Waals surface area contributed by atoms with Crippen LogP contribution in [0.15, 0.2) is 42.5 Å². The van der Waals surface area contributed by atoms with Crippen LogP contribution in [-0.2, 0) is 16.1 Å². The Morgan fingerprint density at radius 1 is 1.06 bits per heavy atom. The van der Waals surface area contributed by atoms with Gasteiger partial charge < -0.3 is 5.32 Å². The molecule has 0 saturated heterocycles. The van der Waals surface area contributed by atoms with Gasteiger partial charge in [0.2, 0.25) is 5.78 Å². The van der Waals surface area contributed by atoms with Gasteiger partial charge in [-0.25, -0.2) is 0 Å². The number of fused-ring (bicyclic) bond motifs is 1. The SMILES string of the molecule is CC(=O)C(=O)NCc1cccc2ccccc12. The summed E-state index contributed by atoms with van der Waals surface area (Å²) in [6, 6.07) is 13.9. The summed E-state index contributed by atoms with van der Waals surface area (Å²) in [5.74, 6) is -1.01. The molecule has 3 nitrogen and oxygen atoms in total. The molecule has 2 rings (SSSR count). The summed E-state index contributed by atoms with van der Waals surface area (Å²) in [6.07, 6.45) is 0. The fraction of sp³-hybridized carbons (Fsp3) is 0.143. The molecule has 2 aromatic carbocycles. The first-order valence-electron chi connectivity index (χ1n) is 5.44. The van der Waals surface area contributed by atoms with Gasteiger partial charge in [0, 0.05) is 13.5 Å². The molecule has 1 N–H and O–H groups in total. The van der Waals surface area contributed by atoms with E-state index in [1.807, 2.05) is 42.5 Å². The third-order valence-corrected chi connectivity index (χ3v) is 2.64. The summed E-state index contributed by atoms with van der Waals surface area (Å²) in [7, 11) is 0. The monoisotopic (exact) mass is 227 g/mol. The molecule has 86 valence electrons. The van der Waals surface area contributed by atoms with Crippen LogP contribution in [0.2, 0.25) is 0 Å². The highest BCUT2D eigenvalue weighted by molar-refractivity contribution is 6.35. The van der Waals surface area contributed by atoms with E-state index in [0.717, 1.165) is 16.3 Å². The topological polar surface area (TPSA) is 46.2 Å². The third-order valence-electron chi connectivity index (χ3n) is 2.64. The van der Waals surface area contributed by atoms with Crippen LogP contribution in [0, 0.1) is 0 Å². The standard InChI is InChI=1S/C14H13NO2/c1-10(16)14(17)15-9-12-7-4-6-11-5-2-3-8-13(11)12/h2-8H,9H2,1H3,(H,15,17). The van der Waals surface area contributed by atoms with Crippen LogP contribution in [0.3, 0.4) is 0 Å². The number of hydrogen-bond acceptors (Lipinski definition) is 2. The van der Waals surface area contributed by atoms with Crippen LogP contribution in [0.25, 0.3) is 10.8 Å². The predicted octanol–water partition coefficient (Wildman–Crippen LogP) is 2.04. The third kappa shape index (κ3) is 2.50. The van der Waals surface area contributed by atoms with Gasteiger partial charge in [0.1, 0.15) is 0 Å². The van der Waals surface area contributed by atoms with Gasteiger partial charge in [-0.1, -0.05) is 42.5 Å². The highest BCUT2D eigenvalue weighted by Gasteiger charge is 2.07. The Hall–Kier alpha value is -2.16. The molecular weight excluding hydrogens is 214 g/mol. The van der Waals surface area contributed by atoms with Crippen LogP contribution >= 0.6 is 0 Å². The number of rotatable bonds is 3. The van der Waals surface area contributed by atoms with Crippen molar-refractivity contribution in [3.05, 3.63) is 48.0 Å². The second-order valence-electron chi connectivity index (χ2n) is 3.88. The molecular formula is C14H13NO2. The lowest BCUT2D eigenvalue weighted by Crippen LogP contribution is -2.28. The first kappa shape index (κ1) is 11.3. The van der Waals surface area contributed by atoms with Crippen LogP contribution in [0.5, 0.6) is 0 Å². The molecule has 0 saturated carbocycles. The number of carbonyl (C=O) groups excluding carboxylic acids is 2. The van der Waals surface area contributed by atoms with Crippen molar-refractivity contribution in [2.24, 2.45) is 0 Å². The highest BCUT2D eigenvalue weighted by Crippen LogP contribution is 2.18. The van der Waals surface area contributed by atoms with Gasteiger partial charge in [-0.2, -0.15) is 0 Å². The number of nitrogens with one attached hydrogen (secondary N) is 1. The maximum absolute atomic E-state index is 11.2. The molecule has 17 heavy (non-hydrogen) atoms. The smallest absolute Gasteiger partial charge is 0.287 e. The average molecular weight is 227 g/mol. The quantitative estimate of drug-likeness (QED) is 0.816. The van der Waals surface area contributed by atoms with Crippen molar-refractivity contribution in [3.8, 4) is 0 Å². The maximum atomic E-state index is 11.2. The molecule has 0 aliphatic heterocycles. The Morgan fingerprint density at radius 3 is 2.53 bits per heavy atom. The van der Waals surface area contributed by atoms with E-state index in [9.17, 15) is 9.59 Å². The Bertz CT molecular complexity index is 570. The summed E-state index contributed by atoms with van der Waals surface area (Å²) in [4.78, 5) is 22.0. The number of carbonyl (C=O) groups is 2. The van der Waals surface area contributed by atoms with Crippen molar-refractivity contribution in [3.63, 3.8) is 0 Å². The first-order chi connectivity index (χ1) is 8.18. The number of ketones is 1. The average Bonchev–Trinajstić information content (AvgIpc) is 2.35. The molecule has 0 atom stereocenters. The van der Waals surface area contributed by atoms with Gasteiger partial charge in [0.15, 0.2) is 0 Å². The lowest BCUT2D eigenvalue weighted by atomic mass is 10.0. The fourth-order valence-corrected chi connectivity index (χ4v) is 1.75. The Labute approximate surface area is 99.4 Å². The van der Waals surface area contributed by atoms with Crippen LogP contribution in [0.4, 0.5) is 0 Å². The van der Waals surface area contributed by atoms with Crippen LogP contribution < -0.4 is 5.32 Å². The van der Waals surface area contributed by atoms with Gasteiger partial charge in [-0.15, -0.1) is 0 Å². The largest absolute Gasteiger partial charge is 0.345 e. The summed E-state index contributed by atoms with van der Waals surface area (Å²) >= 11 is 0. The zero-order valence-corrected chi connectivity index (χ0v) is 9.57. The number of benzene rings is 2. The molecule has 0 fully saturated rings. The number of Topliss-reactive ketones (excluding diaryl/α,β-unsaturated/α-hetero) is 1. The lowest BCUT2D eigenvalue weighted by molar-refractivity contribution is -0.136. The van der Waals surface area contributed by atoms with E-state index < -0.39 is 11.7 Å². The molecule has 1 amide bonds. The van der Waals surface area contributed by atoms with E-state index in [2.05, 4.69) is 5.32 Å². The molecule has 0 aliphatic rings. The molecule has 0 aromatic heterocycles. The Balaban J connectivity index is 2.24. The summed E-state index contributed by atoms with van der Waals surface area (Å²) in [6.45, 7) is 1.64. The zero-order chi connectivity index (χ0) is 12.3. The fourth-order valence-electron chi connectivity index (χ4n) is 1.75. The molecule has 0 bridgehead atoms. The molecule has 0 aliphatic carbocycles. The number of hydrogen-bond donors (Lipinski definition) is 1. The zero-order valence-electron chi connectivity index (χ0n) is 9.57.